The third-order valence-corrected chi connectivity index (χ3v) is 9.54. The van der Waals surface area contributed by atoms with E-state index in [0.29, 0.717) is 35.4 Å². The summed E-state index contributed by atoms with van der Waals surface area (Å²) in [7, 11) is 0. The highest BCUT2D eigenvalue weighted by molar-refractivity contribution is 5.89. The third kappa shape index (κ3) is 3.49. The van der Waals surface area contributed by atoms with Gasteiger partial charge in [0.15, 0.2) is 5.78 Å². The Kier molecular flexibility index (Phi) is 5.69. The number of amidine groups is 1. The van der Waals surface area contributed by atoms with Crippen molar-refractivity contribution in [2.24, 2.45) is 63.6 Å². The number of hydrazone groups is 1. The Bertz CT molecular complexity index is 669. The first kappa shape index (κ1) is 21.1. The normalized spacial score (nSPS) is 47.1. The topological polar surface area (TPSA) is 84.7 Å². The highest BCUT2D eigenvalue weighted by Crippen LogP contribution is 2.64. The van der Waals surface area contributed by atoms with Crippen LogP contribution in [0.1, 0.15) is 72.1 Å². The summed E-state index contributed by atoms with van der Waals surface area (Å²) >= 11 is 0. The van der Waals surface area contributed by atoms with Crippen LogP contribution in [0.15, 0.2) is 5.10 Å². The van der Waals surface area contributed by atoms with Gasteiger partial charge in [0.1, 0.15) is 12.0 Å². The van der Waals surface area contributed by atoms with Gasteiger partial charge in [0, 0.05) is 5.92 Å². The fourth-order valence-corrected chi connectivity index (χ4v) is 8.01. The smallest absolute Gasteiger partial charge is 0.157 e. The number of carbonyl (C=O) groups is 1. The molecule has 4 rings (SSSR count). The third-order valence-electron chi connectivity index (χ3n) is 9.54. The van der Waals surface area contributed by atoms with Crippen LogP contribution in [0.4, 0.5) is 4.39 Å². The second-order valence-corrected chi connectivity index (χ2v) is 10.9. The SMILES string of the molecule is C/C(=N/N)N(N)CC(=O)C1CCC2C3CC(F)C4CC(C)CCC4C3CCC12C. The van der Waals surface area contributed by atoms with Gasteiger partial charge in [0.2, 0.25) is 0 Å². The number of hydrogen-bond acceptors (Lipinski definition) is 4. The van der Waals surface area contributed by atoms with Gasteiger partial charge < -0.3 is 5.84 Å². The van der Waals surface area contributed by atoms with Crippen molar-refractivity contribution in [3.8, 4) is 0 Å². The average Bonchev–Trinajstić information content (AvgIpc) is 3.05. The van der Waals surface area contributed by atoms with Crippen molar-refractivity contribution in [3.05, 3.63) is 0 Å². The van der Waals surface area contributed by atoms with Crippen LogP contribution in [-0.4, -0.2) is 29.3 Å². The molecule has 0 spiro atoms. The zero-order chi connectivity index (χ0) is 20.9. The van der Waals surface area contributed by atoms with E-state index in [1.54, 1.807) is 6.92 Å². The molecule has 9 unspecified atom stereocenters. The van der Waals surface area contributed by atoms with Crippen LogP contribution < -0.4 is 11.7 Å². The van der Waals surface area contributed by atoms with E-state index in [4.69, 9.17) is 11.7 Å². The number of hydrogen-bond donors (Lipinski definition) is 2. The van der Waals surface area contributed by atoms with Crippen LogP contribution in [0.2, 0.25) is 0 Å². The van der Waals surface area contributed by atoms with Gasteiger partial charge in [0.05, 0.1) is 6.54 Å². The van der Waals surface area contributed by atoms with Crippen LogP contribution in [-0.2, 0) is 4.79 Å². The Morgan fingerprint density at radius 1 is 1.10 bits per heavy atom. The molecule has 0 bridgehead atoms. The lowest BCUT2D eigenvalue weighted by molar-refractivity contribution is -0.133. The van der Waals surface area contributed by atoms with E-state index >= 15 is 4.39 Å². The average molecular weight is 407 g/mol. The quantitative estimate of drug-likeness (QED) is 0.322. The van der Waals surface area contributed by atoms with Crippen molar-refractivity contribution >= 4 is 11.6 Å². The number of ketones is 1. The highest BCUT2D eigenvalue weighted by atomic mass is 19.1. The lowest BCUT2D eigenvalue weighted by atomic mass is 9.49. The van der Waals surface area contributed by atoms with Crippen molar-refractivity contribution in [1.29, 1.82) is 0 Å². The number of nitrogens with zero attached hydrogens (tertiary/aromatic N) is 2. The summed E-state index contributed by atoms with van der Waals surface area (Å²) in [6.45, 7) is 6.46. The molecule has 164 valence electrons. The predicted molar refractivity (Wildman–Crippen MR) is 113 cm³/mol. The maximum Gasteiger partial charge on any atom is 0.157 e. The van der Waals surface area contributed by atoms with Gasteiger partial charge in [-0.1, -0.05) is 20.3 Å². The predicted octanol–water partition coefficient (Wildman–Crippen LogP) is 3.88. The fraction of sp³-hybridized carbons (Fsp3) is 0.913. The van der Waals surface area contributed by atoms with Crippen LogP contribution >= 0.6 is 0 Å². The molecule has 6 heteroatoms. The second kappa shape index (κ2) is 7.82. The minimum absolute atomic E-state index is 0.0125. The van der Waals surface area contributed by atoms with Crippen LogP contribution in [0.5, 0.6) is 0 Å². The molecule has 4 fully saturated rings. The minimum Gasteiger partial charge on any atom is -0.322 e. The van der Waals surface area contributed by atoms with Crippen LogP contribution in [0.25, 0.3) is 0 Å². The zero-order valence-electron chi connectivity index (χ0n) is 18.3. The molecule has 0 saturated heterocycles. The first-order chi connectivity index (χ1) is 13.8. The van der Waals surface area contributed by atoms with Gasteiger partial charge in [-0.05, 0) is 92.8 Å². The second-order valence-electron chi connectivity index (χ2n) is 10.9. The number of fused-ring (bicyclic) bond motifs is 5. The molecule has 4 aliphatic rings. The largest absolute Gasteiger partial charge is 0.322 e. The molecule has 29 heavy (non-hydrogen) atoms. The summed E-state index contributed by atoms with van der Waals surface area (Å²) in [5.41, 5.74) is -0.0125. The maximum absolute atomic E-state index is 15.3. The molecule has 5 nitrogen and oxygen atoms in total. The van der Waals surface area contributed by atoms with Crippen molar-refractivity contribution in [3.63, 3.8) is 0 Å². The van der Waals surface area contributed by atoms with Gasteiger partial charge in [-0.2, -0.15) is 5.10 Å². The van der Waals surface area contributed by atoms with Gasteiger partial charge in [-0.15, -0.1) is 0 Å². The summed E-state index contributed by atoms with van der Waals surface area (Å²) in [6.07, 6.45) is 7.85. The molecule has 0 aromatic rings. The van der Waals surface area contributed by atoms with Crippen molar-refractivity contribution in [1.82, 2.24) is 5.01 Å². The molecule has 0 aromatic heterocycles. The Labute approximate surface area is 174 Å². The zero-order valence-corrected chi connectivity index (χ0v) is 18.3. The summed E-state index contributed by atoms with van der Waals surface area (Å²) in [5, 5.41) is 4.95. The number of alkyl halides is 1. The van der Waals surface area contributed by atoms with Crippen LogP contribution in [0, 0.1) is 46.8 Å². The van der Waals surface area contributed by atoms with E-state index < -0.39 is 6.17 Å². The summed E-state index contributed by atoms with van der Waals surface area (Å²) < 4.78 is 15.3. The van der Waals surface area contributed by atoms with Crippen LogP contribution in [0.3, 0.4) is 0 Å². The molecule has 0 amide bonds. The van der Waals surface area contributed by atoms with Gasteiger partial charge >= 0.3 is 0 Å². The standard InChI is InChI=1S/C23H39FN4O/c1-13-4-5-15-16-8-9-23(3)19(17(16)11-21(24)18(15)10-13)6-7-20(23)22(29)12-28(26)14(2)27-25/h13,15-21H,4-12,25-26H2,1-3H3/b27-14-. The number of Topliss-reactive ketones (excluding diaryl/α,β-unsaturated/α-hetero) is 1. The van der Waals surface area contributed by atoms with Gasteiger partial charge in [-0.3, -0.25) is 9.80 Å². The molecule has 4 N–H and O–H groups in total. The number of hydrazine groups is 1. The molecule has 0 radical (unpaired) electrons. The lowest BCUT2D eigenvalue weighted by Crippen LogP contribution is -2.53. The molecular formula is C23H39FN4O. The Morgan fingerprint density at radius 2 is 1.83 bits per heavy atom. The maximum atomic E-state index is 15.3. The van der Waals surface area contributed by atoms with Crippen molar-refractivity contribution in [2.75, 3.05) is 6.54 Å². The van der Waals surface area contributed by atoms with Gasteiger partial charge in [0.25, 0.3) is 0 Å². The number of halogens is 1. The first-order valence-corrected chi connectivity index (χ1v) is 11.7. The number of rotatable bonds is 3. The lowest BCUT2D eigenvalue weighted by Gasteiger charge is -2.57. The van der Waals surface area contributed by atoms with E-state index in [0.717, 1.165) is 32.1 Å². The Hall–Kier alpha value is -1.17. The van der Waals surface area contributed by atoms with Crippen molar-refractivity contribution < 1.29 is 9.18 Å². The minimum atomic E-state index is -0.649. The number of carbonyl (C=O) groups excluding carboxylic acids is 1. The Balaban J connectivity index is 1.50. The summed E-state index contributed by atoms with van der Waals surface area (Å²) in [4.78, 5) is 13.1. The van der Waals surface area contributed by atoms with E-state index in [1.807, 2.05) is 0 Å². The Morgan fingerprint density at radius 3 is 2.55 bits per heavy atom. The van der Waals surface area contributed by atoms with E-state index in [1.165, 1.54) is 24.3 Å². The highest BCUT2D eigenvalue weighted by Gasteiger charge is 2.59. The molecule has 4 saturated carbocycles. The first-order valence-electron chi connectivity index (χ1n) is 11.7. The monoisotopic (exact) mass is 406 g/mol. The molecular weight excluding hydrogens is 367 g/mol. The molecule has 0 aromatic carbocycles. The van der Waals surface area contributed by atoms with E-state index in [2.05, 4.69) is 18.9 Å². The molecule has 0 heterocycles. The van der Waals surface area contributed by atoms with Gasteiger partial charge in [-0.25, -0.2) is 10.2 Å². The van der Waals surface area contributed by atoms with Crippen molar-refractivity contribution in [2.45, 2.75) is 78.3 Å². The molecule has 4 aliphatic carbocycles. The fourth-order valence-electron chi connectivity index (χ4n) is 8.01. The van der Waals surface area contributed by atoms with E-state index in [-0.39, 0.29) is 29.6 Å². The van der Waals surface area contributed by atoms with E-state index in [9.17, 15) is 4.79 Å². The number of nitrogens with two attached hydrogens (primary N) is 2. The summed E-state index contributed by atoms with van der Waals surface area (Å²) in [5.74, 6) is 15.1. The molecule has 0 aliphatic heterocycles. The molecule has 9 atom stereocenters. The summed E-state index contributed by atoms with van der Waals surface area (Å²) in [6, 6.07) is 0.